The number of ether oxygens (including phenoxy) is 1. The normalized spacial score (nSPS) is 17.0. The van der Waals surface area contributed by atoms with Crippen LogP contribution in [0.1, 0.15) is 37.7 Å². The van der Waals surface area contributed by atoms with E-state index >= 15 is 0 Å². The predicted molar refractivity (Wildman–Crippen MR) is 81.8 cm³/mol. The summed E-state index contributed by atoms with van der Waals surface area (Å²) in [4.78, 5) is 4.53. The molecule has 3 rings (SSSR count). The van der Waals surface area contributed by atoms with Gasteiger partial charge in [-0.2, -0.15) is 0 Å². The average Bonchev–Trinajstić information content (AvgIpc) is 2.54. The highest BCUT2D eigenvalue weighted by Gasteiger charge is 2.17. The molecule has 0 unspecified atom stereocenters. The number of rotatable bonds is 3. The van der Waals surface area contributed by atoms with Crippen LogP contribution in [0.15, 0.2) is 35.5 Å². The maximum atomic E-state index is 8.96. The van der Waals surface area contributed by atoms with Gasteiger partial charge in [-0.25, -0.2) is 4.98 Å². The second-order valence-electron chi connectivity index (χ2n) is 5.39. The Hall–Kier alpha value is -2.30. The summed E-state index contributed by atoms with van der Waals surface area (Å²) in [6, 6.07) is 9.37. The third-order valence-electron chi connectivity index (χ3n) is 3.92. The Bertz CT molecular complexity index is 664. The number of para-hydroxylation sites is 1. The number of aromatic nitrogens is 1. The van der Waals surface area contributed by atoms with Crippen LogP contribution in [-0.4, -0.2) is 22.1 Å². The molecule has 1 aliphatic rings. The second kappa shape index (κ2) is 5.99. The van der Waals surface area contributed by atoms with Gasteiger partial charge in [-0.1, -0.05) is 29.8 Å². The average molecular weight is 285 g/mol. The Morgan fingerprint density at radius 2 is 2.00 bits per heavy atom. The number of hydrogen-bond acceptors (Lipinski definition) is 4. The molecule has 0 radical (unpaired) electrons. The molecule has 0 atom stereocenters. The molecule has 5 nitrogen and oxygen atoms in total. The summed E-state index contributed by atoms with van der Waals surface area (Å²) in [5.41, 5.74) is 7.21. The molecular formula is C16H19N3O2. The minimum absolute atomic E-state index is 0.0714. The molecule has 1 aromatic carbocycles. The maximum absolute atomic E-state index is 8.96. The van der Waals surface area contributed by atoms with Gasteiger partial charge in [-0.05, 0) is 31.7 Å². The van der Waals surface area contributed by atoms with Gasteiger partial charge in [0.25, 0.3) is 0 Å². The summed E-state index contributed by atoms with van der Waals surface area (Å²) in [7, 11) is 0. The third-order valence-corrected chi connectivity index (χ3v) is 3.92. The van der Waals surface area contributed by atoms with E-state index in [2.05, 4.69) is 10.1 Å². The fourth-order valence-corrected chi connectivity index (χ4v) is 2.83. The molecule has 5 heteroatoms. The summed E-state index contributed by atoms with van der Waals surface area (Å²) in [5.74, 6) is 0.615. The molecule has 0 aliphatic heterocycles. The Morgan fingerprint density at radius 3 is 2.76 bits per heavy atom. The summed E-state index contributed by atoms with van der Waals surface area (Å²) in [5, 5.41) is 12.9. The van der Waals surface area contributed by atoms with Crippen molar-refractivity contribution in [1.29, 1.82) is 0 Å². The molecule has 3 N–H and O–H groups in total. The molecule has 1 aromatic heterocycles. The molecule has 0 saturated heterocycles. The Kier molecular flexibility index (Phi) is 3.90. The number of benzene rings is 1. The standard InChI is InChI=1S/C16H19N3O2/c17-16(19-20)13-10-15(21-11-6-2-1-3-7-11)18-14-9-5-4-8-12(13)14/h4-5,8-11,20H,1-3,6-7H2,(H2,17,19). The van der Waals surface area contributed by atoms with Gasteiger partial charge >= 0.3 is 0 Å². The highest BCUT2D eigenvalue weighted by molar-refractivity contribution is 6.08. The Morgan fingerprint density at radius 1 is 1.24 bits per heavy atom. The van der Waals surface area contributed by atoms with Gasteiger partial charge in [-0.15, -0.1) is 0 Å². The largest absolute Gasteiger partial charge is 0.474 e. The van der Waals surface area contributed by atoms with E-state index in [-0.39, 0.29) is 11.9 Å². The molecule has 21 heavy (non-hydrogen) atoms. The quantitative estimate of drug-likeness (QED) is 0.393. The van der Waals surface area contributed by atoms with Crippen molar-refractivity contribution < 1.29 is 9.94 Å². The van der Waals surface area contributed by atoms with Gasteiger partial charge < -0.3 is 15.7 Å². The zero-order valence-electron chi connectivity index (χ0n) is 11.8. The van der Waals surface area contributed by atoms with Gasteiger partial charge in [0, 0.05) is 17.0 Å². The van der Waals surface area contributed by atoms with E-state index in [9.17, 15) is 0 Å². The fraction of sp³-hybridized carbons (Fsp3) is 0.375. The first-order valence-corrected chi connectivity index (χ1v) is 7.32. The zero-order valence-corrected chi connectivity index (χ0v) is 11.8. The van der Waals surface area contributed by atoms with Gasteiger partial charge in [0.1, 0.15) is 6.10 Å². The highest BCUT2D eigenvalue weighted by Crippen LogP contribution is 2.26. The lowest BCUT2D eigenvalue weighted by Crippen LogP contribution is -2.21. The summed E-state index contributed by atoms with van der Waals surface area (Å²) >= 11 is 0. The molecule has 1 fully saturated rings. The molecule has 1 aliphatic carbocycles. The summed E-state index contributed by atoms with van der Waals surface area (Å²) in [6.07, 6.45) is 6.02. The molecular weight excluding hydrogens is 266 g/mol. The van der Waals surface area contributed by atoms with E-state index < -0.39 is 0 Å². The lowest BCUT2D eigenvalue weighted by Gasteiger charge is -2.22. The number of hydrogen-bond donors (Lipinski definition) is 2. The number of amidine groups is 1. The van der Waals surface area contributed by atoms with Gasteiger partial charge in [0.2, 0.25) is 5.88 Å². The van der Waals surface area contributed by atoms with E-state index in [0.29, 0.717) is 11.4 Å². The fourth-order valence-electron chi connectivity index (χ4n) is 2.83. The zero-order chi connectivity index (χ0) is 14.7. The van der Waals surface area contributed by atoms with Crippen LogP contribution in [0.2, 0.25) is 0 Å². The van der Waals surface area contributed by atoms with E-state index in [1.54, 1.807) is 6.07 Å². The van der Waals surface area contributed by atoms with Crippen LogP contribution >= 0.6 is 0 Å². The summed E-state index contributed by atoms with van der Waals surface area (Å²) < 4.78 is 6.00. The van der Waals surface area contributed by atoms with Crippen molar-refractivity contribution in [3.8, 4) is 5.88 Å². The van der Waals surface area contributed by atoms with Crippen LogP contribution in [-0.2, 0) is 0 Å². The van der Waals surface area contributed by atoms with E-state index in [4.69, 9.17) is 15.7 Å². The second-order valence-corrected chi connectivity index (χ2v) is 5.39. The van der Waals surface area contributed by atoms with Crippen LogP contribution in [0.4, 0.5) is 0 Å². The lowest BCUT2D eigenvalue weighted by molar-refractivity contribution is 0.149. The first-order valence-electron chi connectivity index (χ1n) is 7.32. The minimum Gasteiger partial charge on any atom is -0.474 e. The maximum Gasteiger partial charge on any atom is 0.214 e. The van der Waals surface area contributed by atoms with E-state index in [0.717, 1.165) is 23.7 Å². The number of nitrogens with two attached hydrogens (primary N) is 1. The van der Waals surface area contributed by atoms with Crippen molar-refractivity contribution in [2.24, 2.45) is 10.9 Å². The molecule has 1 saturated carbocycles. The Balaban J connectivity index is 1.99. The molecule has 1 heterocycles. The van der Waals surface area contributed by atoms with E-state index in [1.807, 2.05) is 24.3 Å². The van der Waals surface area contributed by atoms with Crippen LogP contribution in [0, 0.1) is 0 Å². The molecule has 0 bridgehead atoms. The van der Waals surface area contributed by atoms with Crippen LogP contribution < -0.4 is 10.5 Å². The minimum atomic E-state index is 0.0714. The van der Waals surface area contributed by atoms with Crippen molar-refractivity contribution in [2.75, 3.05) is 0 Å². The van der Waals surface area contributed by atoms with Crippen molar-refractivity contribution in [3.05, 3.63) is 35.9 Å². The van der Waals surface area contributed by atoms with Crippen molar-refractivity contribution in [2.45, 2.75) is 38.2 Å². The van der Waals surface area contributed by atoms with Crippen molar-refractivity contribution in [3.63, 3.8) is 0 Å². The first kappa shape index (κ1) is 13.7. The van der Waals surface area contributed by atoms with E-state index in [1.165, 1.54) is 19.3 Å². The third kappa shape index (κ3) is 2.91. The monoisotopic (exact) mass is 285 g/mol. The molecule has 2 aromatic rings. The van der Waals surface area contributed by atoms with Crippen LogP contribution in [0.5, 0.6) is 5.88 Å². The molecule has 0 amide bonds. The molecule has 110 valence electrons. The van der Waals surface area contributed by atoms with Crippen LogP contribution in [0.25, 0.3) is 10.9 Å². The number of nitrogens with zero attached hydrogens (tertiary/aromatic N) is 2. The summed E-state index contributed by atoms with van der Waals surface area (Å²) in [6.45, 7) is 0. The number of oxime groups is 1. The van der Waals surface area contributed by atoms with Gasteiger partial charge in [0.05, 0.1) is 5.52 Å². The Labute approximate surface area is 123 Å². The first-order chi connectivity index (χ1) is 10.3. The van der Waals surface area contributed by atoms with Gasteiger partial charge in [-0.3, -0.25) is 0 Å². The number of fused-ring (bicyclic) bond motifs is 1. The number of pyridine rings is 1. The smallest absolute Gasteiger partial charge is 0.214 e. The van der Waals surface area contributed by atoms with Crippen molar-refractivity contribution in [1.82, 2.24) is 4.98 Å². The van der Waals surface area contributed by atoms with Crippen LogP contribution in [0.3, 0.4) is 0 Å². The lowest BCUT2D eigenvalue weighted by atomic mass is 9.98. The molecule has 0 spiro atoms. The highest BCUT2D eigenvalue weighted by atomic mass is 16.5. The predicted octanol–water partition coefficient (Wildman–Crippen LogP) is 3.04. The SMILES string of the molecule is NC(=NO)c1cc(OC2CCCCC2)nc2ccccc12. The van der Waals surface area contributed by atoms with Gasteiger partial charge in [0.15, 0.2) is 5.84 Å². The topological polar surface area (TPSA) is 80.7 Å². The van der Waals surface area contributed by atoms with Crippen molar-refractivity contribution >= 4 is 16.7 Å².